The number of benzene rings is 1. The van der Waals surface area contributed by atoms with Crippen LogP contribution in [0.5, 0.6) is 5.75 Å². The van der Waals surface area contributed by atoms with Crippen molar-refractivity contribution in [2.75, 3.05) is 0 Å². The highest BCUT2D eigenvalue weighted by atomic mass is 28.4. The Morgan fingerprint density at radius 2 is 1.48 bits per heavy atom. The number of hydrogen-bond acceptors (Lipinski definition) is 2. The van der Waals surface area contributed by atoms with Crippen LogP contribution in [0.1, 0.15) is 20.8 Å². The average molecular weight is 344 g/mol. The molecule has 124 valence electrons. The summed E-state index contributed by atoms with van der Waals surface area (Å²) in [7, 11) is -3.53. The van der Waals surface area contributed by atoms with Crippen molar-refractivity contribution in [2.24, 2.45) is 0 Å². The molecule has 0 saturated heterocycles. The Labute approximate surface area is 143 Å². The molecule has 0 spiro atoms. The largest absolute Gasteiger partial charge is 0.542 e. The Bertz CT molecular complexity index is 643. The molecule has 0 unspecified atom stereocenters. The number of rotatable bonds is 4. The van der Waals surface area contributed by atoms with E-state index in [9.17, 15) is 0 Å². The van der Waals surface area contributed by atoms with E-state index < -0.39 is 16.4 Å². The minimum Gasteiger partial charge on any atom is -0.542 e. The summed E-state index contributed by atoms with van der Waals surface area (Å²) in [6, 6.07) is 15.0. The molecule has 1 aromatic heterocycles. The first-order valence-corrected chi connectivity index (χ1v) is 14.2. The lowest BCUT2D eigenvalue weighted by Gasteiger charge is -2.36. The fourth-order valence-corrected chi connectivity index (χ4v) is 5.49. The van der Waals surface area contributed by atoms with Crippen LogP contribution >= 0.6 is 0 Å². The first-order chi connectivity index (χ1) is 10.5. The number of nitrogens with zero attached hydrogens (tertiary/aromatic N) is 1. The SMILES string of the molecule is CC(C)(C)[Si](C)(C)Oc1ccc([Si](C)(C)c2ccccc2)nc1. The van der Waals surface area contributed by atoms with Crippen LogP contribution < -0.4 is 14.9 Å². The Kier molecular flexibility index (Phi) is 4.87. The highest BCUT2D eigenvalue weighted by molar-refractivity contribution is 6.99. The topological polar surface area (TPSA) is 22.1 Å². The molecule has 23 heavy (non-hydrogen) atoms. The Morgan fingerprint density at radius 1 is 0.870 bits per heavy atom. The zero-order valence-corrected chi connectivity index (χ0v) is 17.5. The summed E-state index contributed by atoms with van der Waals surface area (Å²) in [4.78, 5) is 4.75. The molecule has 2 aromatic rings. The van der Waals surface area contributed by atoms with Gasteiger partial charge in [0.05, 0.1) is 6.20 Å². The summed E-state index contributed by atoms with van der Waals surface area (Å²) < 4.78 is 6.33. The fraction of sp³-hybridized carbons (Fsp3) is 0.421. The standard InChI is InChI=1S/C19H29NOSi2/c1-19(2,3)23(6,7)21-16-13-14-18(20-15-16)22(4,5)17-11-9-8-10-12-17/h8-15H,1-7H3. The molecule has 0 fully saturated rings. The first-order valence-electron chi connectivity index (χ1n) is 8.25. The smallest absolute Gasteiger partial charge is 0.250 e. The molecule has 2 nitrogen and oxygen atoms in total. The zero-order chi connectivity index (χ0) is 17.3. The van der Waals surface area contributed by atoms with E-state index in [-0.39, 0.29) is 5.04 Å². The van der Waals surface area contributed by atoms with Crippen molar-refractivity contribution >= 4 is 26.9 Å². The third-order valence-corrected chi connectivity index (χ3v) is 12.8. The van der Waals surface area contributed by atoms with Crippen LogP contribution in [0.25, 0.3) is 0 Å². The van der Waals surface area contributed by atoms with Gasteiger partial charge in [-0.1, -0.05) is 69.4 Å². The molecule has 0 aliphatic carbocycles. The van der Waals surface area contributed by atoms with E-state index in [0.717, 1.165) is 5.75 Å². The van der Waals surface area contributed by atoms with Crippen LogP contribution in [0, 0.1) is 0 Å². The quantitative estimate of drug-likeness (QED) is 0.773. The maximum atomic E-state index is 6.33. The van der Waals surface area contributed by atoms with Crippen molar-refractivity contribution in [2.45, 2.75) is 52.0 Å². The van der Waals surface area contributed by atoms with Gasteiger partial charge in [-0.2, -0.15) is 0 Å². The molecule has 1 aromatic carbocycles. The van der Waals surface area contributed by atoms with Gasteiger partial charge in [0, 0.05) is 5.32 Å². The molecular weight excluding hydrogens is 314 g/mol. The number of hydrogen-bond donors (Lipinski definition) is 0. The van der Waals surface area contributed by atoms with Gasteiger partial charge in [-0.25, -0.2) is 0 Å². The van der Waals surface area contributed by atoms with Gasteiger partial charge < -0.3 is 4.43 Å². The highest BCUT2D eigenvalue weighted by Gasteiger charge is 2.39. The maximum absolute atomic E-state index is 6.33. The summed E-state index contributed by atoms with van der Waals surface area (Å²) in [5.74, 6) is 0.901. The molecule has 2 rings (SSSR count). The summed E-state index contributed by atoms with van der Waals surface area (Å²) in [5, 5.41) is 2.81. The average Bonchev–Trinajstić information content (AvgIpc) is 2.47. The summed E-state index contributed by atoms with van der Waals surface area (Å²) in [6.45, 7) is 16.0. The summed E-state index contributed by atoms with van der Waals surface area (Å²) in [6.07, 6.45) is 1.91. The van der Waals surface area contributed by atoms with Crippen LogP contribution in [-0.4, -0.2) is 21.4 Å². The van der Waals surface area contributed by atoms with E-state index in [2.05, 4.69) is 89.4 Å². The first kappa shape index (κ1) is 17.9. The molecule has 0 amide bonds. The van der Waals surface area contributed by atoms with Crippen LogP contribution in [0.3, 0.4) is 0 Å². The van der Waals surface area contributed by atoms with Crippen molar-refractivity contribution in [3.8, 4) is 5.75 Å². The fourth-order valence-electron chi connectivity index (χ4n) is 2.26. The molecule has 0 bridgehead atoms. The molecule has 1 heterocycles. The van der Waals surface area contributed by atoms with Crippen molar-refractivity contribution in [3.05, 3.63) is 48.7 Å². The van der Waals surface area contributed by atoms with Crippen LogP contribution in [0.15, 0.2) is 48.7 Å². The molecule has 0 saturated carbocycles. The van der Waals surface area contributed by atoms with Crippen molar-refractivity contribution < 1.29 is 4.43 Å². The molecule has 0 N–H and O–H groups in total. The monoisotopic (exact) mass is 343 g/mol. The van der Waals surface area contributed by atoms with Gasteiger partial charge >= 0.3 is 0 Å². The van der Waals surface area contributed by atoms with E-state index in [1.165, 1.54) is 10.5 Å². The van der Waals surface area contributed by atoms with Gasteiger partial charge in [0.15, 0.2) is 0 Å². The minimum absolute atomic E-state index is 0.198. The van der Waals surface area contributed by atoms with Gasteiger partial charge in [-0.05, 0) is 30.3 Å². The lowest BCUT2D eigenvalue weighted by molar-refractivity contribution is 0.490. The normalized spacial score (nSPS) is 13.0. The van der Waals surface area contributed by atoms with E-state index >= 15 is 0 Å². The lowest BCUT2D eigenvalue weighted by atomic mass is 10.2. The van der Waals surface area contributed by atoms with Crippen LogP contribution in [0.4, 0.5) is 0 Å². The van der Waals surface area contributed by atoms with Gasteiger partial charge in [0.25, 0.3) is 8.32 Å². The second-order valence-electron chi connectivity index (χ2n) is 8.23. The van der Waals surface area contributed by atoms with Gasteiger partial charge in [0.1, 0.15) is 13.8 Å². The molecule has 4 heteroatoms. The van der Waals surface area contributed by atoms with E-state index in [0.29, 0.717) is 0 Å². The van der Waals surface area contributed by atoms with Crippen molar-refractivity contribution in [3.63, 3.8) is 0 Å². The van der Waals surface area contributed by atoms with Crippen LogP contribution in [0.2, 0.25) is 31.2 Å². The van der Waals surface area contributed by atoms with Crippen molar-refractivity contribution in [1.29, 1.82) is 0 Å². The molecule has 0 aliphatic rings. The van der Waals surface area contributed by atoms with Gasteiger partial charge in [-0.3, -0.25) is 4.98 Å². The Balaban J connectivity index is 2.23. The Morgan fingerprint density at radius 3 is 1.96 bits per heavy atom. The predicted octanol–water partition coefficient (Wildman–Crippen LogP) is 4.29. The predicted molar refractivity (Wildman–Crippen MR) is 105 cm³/mol. The van der Waals surface area contributed by atoms with E-state index in [4.69, 9.17) is 9.41 Å². The van der Waals surface area contributed by atoms with Crippen LogP contribution in [-0.2, 0) is 0 Å². The second-order valence-corrected chi connectivity index (χ2v) is 17.3. The third kappa shape index (κ3) is 3.93. The van der Waals surface area contributed by atoms with Crippen molar-refractivity contribution in [1.82, 2.24) is 4.98 Å². The number of aromatic nitrogens is 1. The van der Waals surface area contributed by atoms with Gasteiger partial charge in [-0.15, -0.1) is 0 Å². The Hall–Kier alpha value is -1.40. The number of pyridine rings is 1. The zero-order valence-electron chi connectivity index (χ0n) is 15.5. The summed E-state index contributed by atoms with van der Waals surface area (Å²) >= 11 is 0. The molecule has 0 radical (unpaired) electrons. The van der Waals surface area contributed by atoms with Gasteiger partial charge in [0.2, 0.25) is 0 Å². The molecular formula is C19H29NOSi2. The summed E-state index contributed by atoms with van der Waals surface area (Å²) in [5.41, 5.74) is 0. The molecule has 0 aliphatic heterocycles. The second kappa shape index (κ2) is 6.25. The highest BCUT2D eigenvalue weighted by Crippen LogP contribution is 2.37. The van der Waals surface area contributed by atoms with E-state index in [1.807, 2.05) is 6.20 Å². The minimum atomic E-state index is -1.80. The van der Waals surface area contributed by atoms with E-state index in [1.54, 1.807) is 0 Å². The lowest BCUT2D eigenvalue weighted by Crippen LogP contribution is -2.54. The third-order valence-electron chi connectivity index (χ3n) is 5.05. The molecule has 0 atom stereocenters. The maximum Gasteiger partial charge on any atom is 0.250 e.